The lowest BCUT2D eigenvalue weighted by molar-refractivity contribution is -0.122. The SMILES string of the molecule is O=C(CCCOc1ccc(Cl)cc1)NC1CCCCCC1. The standard InChI is InChI=1S/C17H24ClNO2/c18-14-9-11-16(12-10-14)21-13-5-8-17(20)19-15-6-3-1-2-4-7-15/h9-12,15H,1-8,13H2,(H,19,20). The summed E-state index contributed by atoms with van der Waals surface area (Å²) in [7, 11) is 0. The Labute approximate surface area is 132 Å². The Morgan fingerprint density at radius 1 is 1.14 bits per heavy atom. The van der Waals surface area contributed by atoms with Crippen molar-refractivity contribution in [2.75, 3.05) is 6.61 Å². The van der Waals surface area contributed by atoms with E-state index in [0.29, 0.717) is 24.1 Å². The van der Waals surface area contributed by atoms with Crippen molar-refractivity contribution in [2.45, 2.75) is 57.4 Å². The van der Waals surface area contributed by atoms with Crippen LogP contribution in [0.4, 0.5) is 0 Å². The molecule has 1 aromatic rings. The molecule has 4 heteroatoms. The largest absolute Gasteiger partial charge is 0.494 e. The molecule has 1 aliphatic carbocycles. The number of benzene rings is 1. The maximum Gasteiger partial charge on any atom is 0.220 e. The second kappa shape index (κ2) is 8.93. The third-order valence-corrected chi connectivity index (χ3v) is 4.10. The van der Waals surface area contributed by atoms with Crippen LogP contribution in [0.3, 0.4) is 0 Å². The highest BCUT2D eigenvalue weighted by Crippen LogP contribution is 2.18. The third kappa shape index (κ3) is 6.38. The van der Waals surface area contributed by atoms with Crippen LogP contribution < -0.4 is 10.1 Å². The molecule has 0 atom stereocenters. The molecule has 2 rings (SSSR count). The van der Waals surface area contributed by atoms with Crippen LogP contribution >= 0.6 is 11.6 Å². The van der Waals surface area contributed by atoms with Gasteiger partial charge in [0.1, 0.15) is 5.75 Å². The van der Waals surface area contributed by atoms with Crippen molar-refractivity contribution in [1.82, 2.24) is 5.32 Å². The molecule has 0 unspecified atom stereocenters. The summed E-state index contributed by atoms with van der Waals surface area (Å²) < 4.78 is 5.58. The lowest BCUT2D eigenvalue weighted by atomic mass is 10.1. The molecule has 0 spiro atoms. The Morgan fingerprint density at radius 3 is 2.48 bits per heavy atom. The average Bonchev–Trinajstić information content (AvgIpc) is 2.74. The van der Waals surface area contributed by atoms with Gasteiger partial charge in [-0.2, -0.15) is 0 Å². The van der Waals surface area contributed by atoms with E-state index in [1.54, 1.807) is 12.1 Å². The fourth-order valence-electron chi connectivity index (χ4n) is 2.68. The lowest BCUT2D eigenvalue weighted by Crippen LogP contribution is -2.34. The molecule has 1 aromatic carbocycles. The molecule has 1 aliphatic rings. The number of carbonyl (C=O) groups excluding carboxylic acids is 1. The molecule has 0 heterocycles. The van der Waals surface area contributed by atoms with Gasteiger partial charge in [-0.15, -0.1) is 0 Å². The first-order valence-corrected chi connectivity index (χ1v) is 8.29. The van der Waals surface area contributed by atoms with E-state index >= 15 is 0 Å². The molecule has 1 fully saturated rings. The quantitative estimate of drug-likeness (QED) is 0.627. The molecule has 1 N–H and O–H groups in total. The maximum atomic E-state index is 11.9. The first kappa shape index (κ1) is 16.2. The van der Waals surface area contributed by atoms with Crippen molar-refractivity contribution in [3.05, 3.63) is 29.3 Å². The summed E-state index contributed by atoms with van der Waals surface area (Å²) in [4.78, 5) is 11.9. The van der Waals surface area contributed by atoms with E-state index in [1.165, 1.54) is 25.7 Å². The fraction of sp³-hybridized carbons (Fsp3) is 0.588. The van der Waals surface area contributed by atoms with Gasteiger partial charge in [-0.3, -0.25) is 4.79 Å². The van der Waals surface area contributed by atoms with Crippen LogP contribution in [0.1, 0.15) is 51.4 Å². The van der Waals surface area contributed by atoms with Crippen LogP contribution in [0.2, 0.25) is 5.02 Å². The number of ether oxygens (including phenoxy) is 1. The Bertz CT molecular complexity index is 425. The summed E-state index contributed by atoms with van der Waals surface area (Å²) in [6.07, 6.45) is 8.63. The second-order valence-electron chi connectivity index (χ2n) is 5.66. The smallest absolute Gasteiger partial charge is 0.220 e. The Morgan fingerprint density at radius 2 is 1.81 bits per heavy atom. The molecule has 0 bridgehead atoms. The van der Waals surface area contributed by atoms with E-state index < -0.39 is 0 Å². The number of amides is 1. The summed E-state index contributed by atoms with van der Waals surface area (Å²) >= 11 is 5.81. The van der Waals surface area contributed by atoms with Gasteiger partial charge >= 0.3 is 0 Å². The number of carbonyl (C=O) groups is 1. The molecular weight excluding hydrogens is 286 g/mol. The highest BCUT2D eigenvalue weighted by atomic mass is 35.5. The molecule has 3 nitrogen and oxygen atoms in total. The van der Waals surface area contributed by atoms with Gasteiger partial charge in [-0.1, -0.05) is 37.3 Å². The van der Waals surface area contributed by atoms with Crippen molar-refractivity contribution < 1.29 is 9.53 Å². The molecule has 0 radical (unpaired) electrons. The van der Waals surface area contributed by atoms with E-state index in [2.05, 4.69) is 5.32 Å². The van der Waals surface area contributed by atoms with E-state index in [4.69, 9.17) is 16.3 Å². The van der Waals surface area contributed by atoms with E-state index in [-0.39, 0.29) is 5.91 Å². The van der Waals surface area contributed by atoms with Crippen LogP contribution in [0.15, 0.2) is 24.3 Å². The van der Waals surface area contributed by atoms with Crippen LogP contribution in [0.25, 0.3) is 0 Å². The predicted molar refractivity (Wildman–Crippen MR) is 85.8 cm³/mol. The van der Waals surface area contributed by atoms with Gasteiger partial charge in [-0.05, 0) is 43.5 Å². The van der Waals surface area contributed by atoms with Crippen LogP contribution in [-0.2, 0) is 4.79 Å². The molecule has 0 saturated heterocycles. The average molecular weight is 310 g/mol. The molecule has 0 aliphatic heterocycles. The van der Waals surface area contributed by atoms with Gasteiger partial charge in [0.25, 0.3) is 0 Å². The summed E-state index contributed by atoms with van der Waals surface area (Å²) in [5, 5.41) is 3.85. The molecule has 21 heavy (non-hydrogen) atoms. The van der Waals surface area contributed by atoms with Crippen molar-refractivity contribution in [3.63, 3.8) is 0 Å². The highest BCUT2D eigenvalue weighted by Gasteiger charge is 2.14. The van der Waals surface area contributed by atoms with Crippen LogP contribution in [0.5, 0.6) is 5.75 Å². The summed E-state index contributed by atoms with van der Waals surface area (Å²) in [5.41, 5.74) is 0. The van der Waals surface area contributed by atoms with Gasteiger partial charge in [0.15, 0.2) is 0 Å². The van der Waals surface area contributed by atoms with E-state index in [1.807, 2.05) is 12.1 Å². The first-order chi connectivity index (χ1) is 10.2. The Kier molecular flexibility index (Phi) is 6.87. The Balaban J connectivity index is 1.59. The summed E-state index contributed by atoms with van der Waals surface area (Å²) in [5.74, 6) is 0.949. The normalized spacial score (nSPS) is 16.2. The lowest BCUT2D eigenvalue weighted by Gasteiger charge is -2.16. The minimum atomic E-state index is 0.154. The number of hydrogen-bond donors (Lipinski definition) is 1. The zero-order chi connectivity index (χ0) is 14.9. The molecule has 1 saturated carbocycles. The summed E-state index contributed by atoms with van der Waals surface area (Å²) in [6.45, 7) is 0.555. The van der Waals surface area contributed by atoms with Gasteiger partial charge < -0.3 is 10.1 Å². The van der Waals surface area contributed by atoms with Gasteiger partial charge in [0.2, 0.25) is 5.91 Å². The van der Waals surface area contributed by atoms with Crippen molar-refractivity contribution in [1.29, 1.82) is 0 Å². The first-order valence-electron chi connectivity index (χ1n) is 7.92. The zero-order valence-corrected chi connectivity index (χ0v) is 13.2. The van der Waals surface area contributed by atoms with Gasteiger partial charge in [0, 0.05) is 17.5 Å². The van der Waals surface area contributed by atoms with Crippen LogP contribution in [0, 0.1) is 0 Å². The number of nitrogens with one attached hydrogen (secondary N) is 1. The van der Waals surface area contributed by atoms with Gasteiger partial charge in [0.05, 0.1) is 6.61 Å². The van der Waals surface area contributed by atoms with Crippen LogP contribution in [-0.4, -0.2) is 18.6 Å². The molecule has 0 aromatic heterocycles. The van der Waals surface area contributed by atoms with Crippen molar-refractivity contribution >= 4 is 17.5 Å². The second-order valence-corrected chi connectivity index (χ2v) is 6.10. The van der Waals surface area contributed by atoms with Crippen molar-refractivity contribution in [2.24, 2.45) is 0 Å². The van der Waals surface area contributed by atoms with Gasteiger partial charge in [-0.25, -0.2) is 0 Å². The highest BCUT2D eigenvalue weighted by molar-refractivity contribution is 6.30. The topological polar surface area (TPSA) is 38.3 Å². The van der Waals surface area contributed by atoms with E-state index in [0.717, 1.165) is 25.0 Å². The minimum absolute atomic E-state index is 0.154. The fourth-order valence-corrected chi connectivity index (χ4v) is 2.80. The molecular formula is C17H24ClNO2. The Hall–Kier alpha value is -1.22. The summed E-state index contributed by atoms with van der Waals surface area (Å²) in [6, 6.07) is 7.67. The number of rotatable bonds is 6. The predicted octanol–water partition coefficient (Wildman–Crippen LogP) is 4.34. The molecule has 116 valence electrons. The van der Waals surface area contributed by atoms with E-state index in [9.17, 15) is 4.79 Å². The maximum absolute atomic E-state index is 11.9. The minimum Gasteiger partial charge on any atom is -0.494 e. The number of halogens is 1. The molecule has 1 amide bonds. The number of hydrogen-bond acceptors (Lipinski definition) is 2. The third-order valence-electron chi connectivity index (χ3n) is 3.85. The monoisotopic (exact) mass is 309 g/mol. The van der Waals surface area contributed by atoms with Crippen molar-refractivity contribution in [3.8, 4) is 5.75 Å². The zero-order valence-electron chi connectivity index (χ0n) is 12.4.